The maximum absolute atomic E-state index is 13.5. The quantitative estimate of drug-likeness (QED) is 0.0855. The van der Waals surface area contributed by atoms with Crippen molar-refractivity contribution in [2.24, 2.45) is 0 Å². The van der Waals surface area contributed by atoms with Crippen LogP contribution in [0.4, 0.5) is 10.1 Å². The van der Waals surface area contributed by atoms with Crippen molar-refractivity contribution in [1.82, 2.24) is 5.32 Å². The summed E-state index contributed by atoms with van der Waals surface area (Å²) in [6.45, 7) is 0. The zero-order chi connectivity index (χ0) is 32.4. The van der Waals surface area contributed by atoms with Crippen molar-refractivity contribution in [3.05, 3.63) is 138 Å². The standard InChI is InChI=1S/C36H32FN2O5PS/c37-28-13-6-26(7-14-28)33(40)21-20-32-35(31-19-12-27(22-34(31)41)25-10-17-30(18-11-25)45(42,43)44)39(36(46)38-32)29-15-8-24(9-16-29)23-4-2-1-3-5-23/h1-19,22,32-33,35,40-41H,20-21H2,(H,38,46)(H2,42,43,44). The first kappa shape index (κ1) is 31.6. The molecule has 234 valence electrons. The van der Waals surface area contributed by atoms with Crippen molar-refractivity contribution < 1.29 is 29.0 Å². The summed E-state index contributed by atoms with van der Waals surface area (Å²) in [7, 11) is -4.38. The molecule has 0 radical (unpaired) electrons. The van der Waals surface area contributed by atoms with Crippen LogP contribution in [0.15, 0.2) is 121 Å². The Morgan fingerprint density at radius 3 is 2.02 bits per heavy atom. The largest absolute Gasteiger partial charge is 0.508 e. The molecule has 0 saturated carbocycles. The molecule has 1 aliphatic heterocycles. The summed E-state index contributed by atoms with van der Waals surface area (Å²) in [5.74, 6) is -0.340. The van der Waals surface area contributed by atoms with Gasteiger partial charge in [0.2, 0.25) is 0 Å². The summed E-state index contributed by atoms with van der Waals surface area (Å²) in [4.78, 5) is 20.9. The minimum atomic E-state index is -4.38. The molecule has 1 saturated heterocycles. The highest BCUT2D eigenvalue weighted by molar-refractivity contribution is 7.80. The highest BCUT2D eigenvalue weighted by Crippen LogP contribution is 2.42. The Kier molecular flexibility index (Phi) is 9.04. The van der Waals surface area contributed by atoms with E-state index in [9.17, 15) is 29.0 Å². The number of rotatable bonds is 9. The Morgan fingerprint density at radius 1 is 0.804 bits per heavy atom. The predicted octanol–water partition coefficient (Wildman–Crippen LogP) is 6.99. The van der Waals surface area contributed by atoms with Crippen LogP contribution in [0.25, 0.3) is 22.3 Å². The van der Waals surface area contributed by atoms with Crippen molar-refractivity contribution in [2.45, 2.75) is 31.0 Å². The maximum atomic E-state index is 13.5. The fourth-order valence-corrected chi connectivity index (χ4v) is 6.84. The number of hydrogen-bond donors (Lipinski definition) is 5. The topological polar surface area (TPSA) is 113 Å². The fraction of sp³-hybridized carbons (Fsp3) is 0.139. The van der Waals surface area contributed by atoms with Gasteiger partial charge in [-0.25, -0.2) is 4.39 Å². The number of phenolic OH excluding ortho intramolecular Hbond substituents is 1. The fourth-order valence-electron chi connectivity index (χ4n) is 5.93. The van der Waals surface area contributed by atoms with Gasteiger partial charge < -0.3 is 30.2 Å². The van der Waals surface area contributed by atoms with Gasteiger partial charge in [0.25, 0.3) is 0 Å². The third-order valence-corrected chi connectivity index (χ3v) is 9.62. The first-order valence-corrected chi connectivity index (χ1v) is 16.8. The van der Waals surface area contributed by atoms with E-state index in [0.717, 1.165) is 16.8 Å². The van der Waals surface area contributed by atoms with Crippen molar-refractivity contribution >= 4 is 35.9 Å². The molecule has 5 N–H and O–H groups in total. The van der Waals surface area contributed by atoms with E-state index in [1.807, 2.05) is 71.6 Å². The minimum absolute atomic E-state index is 0.0306. The van der Waals surface area contributed by atoms with Gasteiger partial charge in [0, 0.05) is 11.3 Å². The summed E-state index contributed by atoms with van der Waals surface area (Å²) in [6.07, 6.45) is 0.0453. The lowest BCUT2D eigenvalue weighted by atomic mass is 9.91. The molecule has 3 atom stereocenters. The van der Waals surface area contributed by atoms with Crippen LogP contribution in [0, 0.1) is 5.82 Å². The summed E-state index contributed by atoms with van der Waals surface area (Å²) in [5, 5.41) is 26.1. The van der Waals surface area contributed by atoms with Gasteiger partial charge in [0.05, 0.1) is 23.5 Å². The van der Waals surface area contributed by atoms with E-state index in [1.165, 1.54) is 24.3 Å². The molecule has 0 amide bonds. The van der Waals surface area contributed by atoms with Crippen molar-refractivity contribution in [3.63, 3.8) is 0 Å². The van der Waals surface area contributed by atoms with Crippen LogP contribution in [0.1, 0.15) is 36.1 Å². The maximum Gasteiger partial charge on any atom is 0.356 e. The number of nitrogens with one attached hydrogen (secondary N) is 1. The van der Waals surface area contributed by atoms with Crippen LogP contribution >= 0.6 is 19.8 Å². The summed E-state index contributed by atoms with van der Waals surface area (Å²) >= 11 is 5.84. The second-order valence-electron chi connectivity index (χ2n) is 11.3. The molecule has 0 bridgehead atoms. The number of halogens is 1. The number of nitrogens with zero attached hydrogens (tertiary/aromatic N) is 1. The normalized spacial score (nSPS) is 17.1. The van der Waals surface area contributed by atoms with E-state index in [-0.39, 0.29) is 22.9 Å². The van der Waals surface area contributed by atoms with Crippen LogP contribution in [0.5, 0.6) is 5.75 Å². The molecule has 0 spiro atoms. The summed E-state index contributed by atoms with van der Waals surface area (Å²) in [5.41, 5.74) is 5.57. The molecule has 7 nitrogen and oxygen atoms in total. The van der Waals surface area contributed by atoms with Crippen LogP contribution in [0.3, 0.4) is 0 Å². The Morgan fingerprint density at radius 2 is 1.39 bits per heavy atom. The Hall–Kier alpha value is -4.37. The molecule has 3 unspecified atom stereocenters. The van der Waals surface area contributed by atoms with Crippen LogP contribution in [-0.2, 0) is 4.57 Å². The molecule has 5 aromatic carbocycles. The molecule has 6 rings (SSSR count). The molecule has 1 aliphatic rings. The van der Waals surface area contributed by atoms with E-state index < -0.39 is 19.7 Å². The number of aliphatic hydroxyl groups excluding tert-OH is 1. The van der Waals surface area contributed by atoms with Gasteiger partial charge in [-0.3, -0.25) is 4.57 Å². The van der Waals surface area contributed by atoms with Gasteiger partial charge in [-0.1, -0.05) is 78.9 Å². The van der Waals surface area contributed by atoms with Gasteiger partial charge in [-0.15, -0.1) is 0 Å². The van der Waals surface area contributed by atoms with Gasteiger partial charge in [0.15, 0.2) is 5.11 Å². The van der Waals surface area contributed by atoms with Crippen molar-refractivity contribution in [2.75, 3.05) is 4.90 Å². The third kappa shape index (κ3) is 6.75. The van der Waals surface area contributed by atoms with Gasteiger partial charge in [-0.05, 0) is 95.3 Å². The Labute approximate surface area is 271 Å². The number of benzene rings is 5. The monoisotopic (exact) mass is 654 g/mol. The average Bonchev–Trinajstić information content (AvgIpc) is 3.39. The molecule has 46 heavy (non-hydrogen) atoms. The van der Waals surface area contributed by atoms with Gasteiger partial charge >= 0.3 is 7.60 Å². The SMILES string of the molecule is O=P(O)(O)c1ccc(-c2ccc(C3C(CCC(O)c4ccc(F)cc4)NC(=S)N3c3ccc(-c4ccccc4)cc3)c(O)c2)cc1. The van der Waals surface area contributed by atoms with Gasteiger partial charge in [0.1, 0.15) is 11.6 Å². The zero-order valence-electron chi connectivity index (χ0n) is 24.6. The number of anilines is 1. The molecule has 10 heteroatoms. The van der Waals surface area contributed by atoms with Crippen molar-refractivity contribution in [1.29, 1.82) is 0 Å². The zero-order valence-corrected chi connectivity index (χ0v) is 26.3. The molecule has 0 aromatic heterocycles. The second-order valence-corrected chi connectivity index (χ2v) is 13.3. The number of thiocarbonyl (C=S) groups is 1. The van der Waals surface area contributed by atoms with Crippen LogP contribution in [-0.4, -0.2) is 31.2 Å². The molecular weight excluding hydrogens is 622 g/mol. The number of aliphatic hydroxyl groups is 1. The first-order valence-electron chi connectivity index (χ1n) is 14.8. The van der Waals surface area contributed by atoms with Crippen LogP contribution < -0.4 is 15.5 Å². The average molecular weight is 655 g/mol. The van der Waals surface area contributed by atoms with Crippen molar-refractivity contribution in [3.8, 4) is 28.0 Å². The molecule has 1 heterocycles. The Balaban J connectivity index is 1.32. The minimum Gasteiger partial charge on any atom is -0.508 e. The molecule has 5 aromatic rings. The Bertz CT molecular complexity index is 1880. The second kappa shape index (κ2) is 13.2. The lowest BCUT2D eigenvalue weighted by Gasteiger charge is -2.29. The first-order chi connectivity index (χ1) is 22.1. The van der Waals surface area contributed by atoms with E-state index in [2.05, 4.69) is 5.32 Å². The molecule has 1 fully saturated rings. The smallest absolute Gasteiger partial charge is 0.356 e. The molecule has 0 aliphatic carbocycles. The van der Waals surface area contributed by atoms with Crippen LogP contribution in [0.2, 0.25) is 0 Å². The third-order valence-electron chi connectivity index (χ3n) is 8.33. The van der Waals surface area contributed by atoms with E-state index in [1.54, 1.807) is 30.3 Å². The summed E-state index contributed by atoms with van der Waals surface area (Å²) < 4.78 is 25.1. The summed E-state index contributed by atoms with van der Waals surface area (Å²) in [6, 6.07) is 34.4. The predicted molar refractivity (Wildman–Crippen MR) is 182 cm³/mol. The van der Waals surface area contributed by atoms with E-state index >= 15 is 0 Å². The highest BCUT2D eigenvalue weighted by Gasteiger charge is 2.40. The lowest BCUT2D eigenvalue weighted by Crippen LogP contribution is -2.29. The number of phenols is 1. The number of aromatic hydroxyl groups is 1. The van der Waals surface area contributed by atoms with E-state index in [0.29, 0.717) is 40.2 Å². The number of hydrogen-bond acceptors (Lipinski definition) is 4. The highest BCUT2D eigenvalue weighted by atomic mass is 32.1. The van der Waals surface area contributed by atoms with Gasteiger partial charge in [-0.2, -0.15) is 0 Å². The lowest BCUT2D eigenvalue weighted by molar-refractivity contribution is 0.159. The van der Waals surface area contributed by atoms with E-state index in [4.69, 9.17) is 12.2 Å². The molecular formula is C36H32FN2O5PS.